The van der Waals surface area contributed by atoms with Crippen LogP contribution in [0.2, 0.25) is 5.02 Å². The molecule has 0 aliphatic heterocycles. The van der Waals surface area contributed by atoms with Crippen molar-refractivity contribution in [2.45, 2.75) is 6.92 Å². The van der Waals surface area contributed by atoms with Gasteiger partial charge in [0, 0.05) is 11.1 Å². The van der Waals surface area contributed by atoms with E-state index in [4.69, 9.17) is 11.6 Å². The SMILES string of the molecule is Cc1cccc(Cl)c1N=CNN=C(c1ccccc1)c1ccccc1. The Balaban J connectivity index is 1.86. The number of nitrogens with one attached hydrogen (secondary N) is 1. The van der Waals surface area contributed by atoms with Crippen molar-refractivity contribution in [2.75, 3.05) is 0 Å². The number of aryl methyl sites for hydroxylation is 1. The van der Waals surface area contributed by atoms with E-state index in [0.29, 0.717) is 5.02 Å². The third-order valence-electron chi connectivity index (χ3n) is 3.71. The van der Waals surface area contributed by atoms with Crippen molar-refractivity contribution in [2.24, 2.45) is 10.1 Å². The second-order valence-electron chi connectivity index (χ2n) is 5.49. The van der Waals surface area contributed by atoms with Crippen molar-refractivity contribution in [1.82, 2.24) is 5.43 Å². The molecule has 4 heteroatoms. The van der Waals surface area contributed by atoms with Gasteiger partial charge < -0.3 is 0 Å². The standard InChI is InChI=1S/C21H18ClN3/c1-16-9-8-14-19(22)20(16)23-15-24-25-21(17-10-4-2-5-11-17)18-12-6-3-7-13-18/h2-15H,1H3,(H,23,24). The van der Waals surface area contributed by atoms with Crippen LogP contribution in [0.4, 0.5) is 5.69 Å². The summed E-state index contributed by atoms with van der Waals surface area (Å²) in [5.74, 6) is 0. The number of hydrogen-bond acceptors (Lipinski definition) is 2. The molecule has 0 amide bonds. The Labute approximate surface area is 152 Å². The molecule has 0 aromatic heterocycles. The monoisotopic (exact) mass is 347 g/mol. The Morgan fingerprint density at radius 3 is 2.00 bits per heavy atom. The normalized spacial score (nSPS) is 10.6. The topological polar surface area (TPSA) is 36.8 Å². The quantitative estimate of drug-likeness (QED) is 0.377. The first kappa shape index (κ1) is 16.9. The summed E-state index contributed by atoms with van der Waals surface area (Å²) in [6.45, 7) is 1.97. The number of halogens is 1. The highest BCUT2D eigenvalue weighted by Crippen LogP contribution is 2.27. The molecule has 25 heavy (non-hydrogen) atoms. The second kappa shape index (κ2) is 8.27. The molecule has 0 saturated carbocycles. The summed E-state index contributed by atoms with van der Waals surface area (Å²) in [7, 11) is 0. The van der Waals surface area contributed by atoms with E-state index in [1.54, 1.807) is 6.34 Å². The Morgan fingerprint density at radius 1 is 0.840 bits per heavy atom. The lowest BCUT2D eigenvalue weighted by Crippen LogP contribution is -2.11. The molecule has 0 unspecified atom stereocenters. The van der Waals surface area contributed by atoms with Crippen molar-refractivity contribution in [3.05, 3.63) is 101 Å². The van der Waals surface area contributed by atoms with Crippen LogP contribution in [0.5, 0.6) is 0 Å². The van der Waals surface area contributed by atoms with Crippen LogP contribution in [0, 0.1) is 6.92 Å². The predicted molar refractivity (Wildman–Crippen MR) is 106 cm³/mol. The van der Waals surface area contributed by atoms with E-state index in [2.05, 4.69) is 15.5 Å². The zero-order valence-corrected chi connectivity index (χ0v) is 14.6. The number of hydrazone groups is 1. The largest absolute Gasteiger partial charge is 0.267 e. The molecule has 0 radical (unpaired) electrons. The van der Waals surface area contributed by atoms with Gasteiger partial charge in [-0.25, -0.2) is 4.99 Å². The molecule has 3 nitrogen and oxygen atoms in total. The first-order chi connectivity index (χ1) is 12.3. The Kier molecular flexibility index (Phi) is 5.60. The fourth-order valence-electron chi connectivity index (χ4n) is 2.46. The predicted octanol–water partition coefficient (Wildman–Crippen LogP) is 5.35. The lowest BCUT2D eigenvalue weighted by atomic mass is 10.0. The molecule has 3 rings (SSSR count). The van der Waals surface area contributed by atoms with Crippen molar-refractivity contribution in [3.63, 3.8) is 0 Å². The van der Waals surface area contributed by atoms with Gasteiger partial charge in [0.05, 0.1) is 16.4 Å². The fourth-order valence-corrected chi connectivity index (χ4v) is 2.73. The summed E-state index contributed by atoms with van der Waals surface area (Å²) >= 11 is 6.19. The van der Waals surface area contributed by atoms with Gasteiger partial charge in [-0.1, -0.05) is 84.4 Å². The first-order valence-corrected chi connectivity index (χ1v) is 8.35. The fraction of sp³-hybridized carbons (Fsp3) is 0.0476. The van der Waals surface area contributed by atoms with Crippen LogP contribution in [0.3, 0.4) is 0 Å². The van der Waals surface area contributed by atoms with Crippen molar-refractivity contribution in [3.8, 4) is 0 Å². The van der Waals surface area contributed by atoms with Crippen molar-refractivity contribution < 1.29 is 0 Å². The molecule has 0 aliphatic rings. The van der Waals surface area contributed by atoms with Gasteiger partial charge in [0.15, 0.2) is 0 Å². The number of nitrogens with zero attached hydrogens (tertiary/aromatic N) is 2. The van der Waals surface area contributed by atoms with E-state index in [9.17, 15) is 0 Å². The zero-order valence-electron chi connectivity index (χ0n) is 13.9. The van der Waals surface area contributed by atoms with Crippen LogP contribution >= 0.6 is 11.6 Å². The molecule has 3 aromatic carbocycles. The lowest BCUT2D eigenvalue weighted by molar-refractivity contribution is 1.05. The van der Waals surface area contributed by atoms with Gasteiger partial charge in [0.25, 0.3) is 0 Å². The maximum atomic E-state index is 6.19. The average molecular weight is 348 g/mol. The minimum atomic E-state index is 0.619. The number of benzene rings is 3. The maximum Gasteiger partial charge on any atom is 0.109 e. The van der Waals surface area contributed by atoms with Gasteiger partial charge in [-0.2, -0.15) is 5.10 Å². The van der Waals surface area contributed by atoms with E-state index < -0.39 is 0 Å². The van der Waals surface area contributed by atoms with E-state index in [-0.39, 0.29) is 0 Å². The van der Waals surface area contributed by atoms with Gasteiger partial charge >= 0.3 is 0 Å². The molecule has 0 bridgehead atoms. The highest BCUT2D eigenvalue weighted by Gasteiger charge is 2.06. The van der Waals surface area contributed by atoms with Gasteiger partial charge in [-0.3, -0.25) is 5.43 Å². The lowest BCUT2D eigenvalue weighted by Gasteiger charge is -2.07. The van der Waals surface area contributed by atoms with E-state index in [1.165, 1.54) is 0 Å². The molecule has 0 fully saturated rings. The highest BCUT2D eigenvalue weighted by molar-refractivity contribution is 6.33. The molecule has 0 heterocycles. The number of para-hydroxylation sites is 1. The van der Waals surface area contributed by atoms with Crippen LogP contribution in [-0.4, -0.2) is 12.1 Å². The molecule has 0 spiro atoms. The van der Waals surface area contributed by atoms with Crippen LogP contribution < -0.4 is 5.43 Å². The van der Waals surface area contributed by atoms with E-state index >= 15 is 0 Å². The third-order valence-corrected chi connectivity index (χ3v) is 4.02. The summed E-state index contributed by atoms with van der Waals surface area (Å²) in [5.41, 5.74) is 7.59. The molecule has 0 saturated heterocycles. The number of rotatable bonds is 5. The highest BCUT2D eigenvalue weighted by atomic mass is 35.5. The molecule has 3 aromatic rings. The Morgan fingerprint density at radius 2 is 1.44 bits per heavy atom. The summed E-state index contributed by atoms with van der Waals surface area (Å²) in [6, 6.07) is 25.8. The van der Waals surface area contributed by atoms with Crippen LogP contribution in [0.25, 0.3) is 0 Å². The van der Waals surface area contributed by atoms with Gasteiger partial charge in [0.2, 0.25) is 0 Å². The minimum absolute atomic E-state index is 0.619. The average Bonchev–Trinajstić information content (AvgIpc) is 2.65. The van der Waals surface area contributed by atoms with Gasteiger partial charge in [0.1, 0.15) is 6.34 Å². The van der Waals surface area contributed by atoms with Crippen LogP contribution in [-0.2, 0) is 0 Å². The number of aliphatic imine (C=N–C) groups is 1. The van der Waals surface area contributed by atoms with Gasteiger partial charge in [-0.15, -0.1) is 0 Å². The van der Waals surface area contributed by atoms with Gasteiger partial charge in [-0.05, 0) is 18.6 Å². The Hall–Kier alpha value is -2.91. The minimum Gasteiger partial charge on any atom is -0.267 e. The summed E-state index contributed by atoms with van der Waals surface area (Å²) < 4.78 is 0. The number of hydrogen-bond donors (Lipinski definition) is 1. The maximum absolute atomic E-state index is 6.19. The summed E-state index contributed by atoms with van der Waals surface area (Å²) in [6.07, 6.45) is 1.56. The van der Waals surface area contributed by atoms with E-state index in [1.807, 2.05) is 85.8 Å². The third kappa shape index (κ3) is 4.34. The van der Waals surface area contributed by atoms with Crippen molar-refractivity contribution >= 4 is 29.3 Å². The molecular weight excluding hydrogens is 330 g/mol. The molecule has 0 atom stereocenters. The van der Waals surface area contributed by atoms with E-state index in [0.717, 1.165) is 28.1 Å². The molecule has 124 valence electrons. The molecular formula is C21H18ClN3. The molecule has 1 N–H and O–H groups in total. The molecule has 0 aliphatic carbocycles. The van der Waals surface area contributed by atoms with Crippen molar-refractivity contribution in [1.29, 1.82) is 0 Å². The first-order valence-electron chi connectivity index (χ1n) is 7.97. The summed E-state index contributed by atoms with van der Waals surface area (Å²) in [5, 5.41) is 5.13. The second-order valence-corrected chi connectivity index (χ2v) is 5.89. The van der Waals surface area contributed by atoms with Crippen LogP contribution in [0.15, 0.2) is 89.0 Å². The Bertz CT molecular complexity index is 826. The zero-order chi connectivity index (χ0) is 17.5. The summed E-state index contributed by atoms with van der Waals surface area (Å²) in [4.78, 5) is 4.39. The smallest absolute Gasteiger partial charge is 0.109 e. The van der Waals surface area contributed by atoms with Crippen LogP contribution in [0.1, 0.15) is 16.7 Å².